The van der Waals surface area contributed by atoms with Gasteiger partial charge in [-0.3, -0.25) is 4.79 Å². The average molecular weight is 405 g/mol. The lowest BCUT2D eigenvalue weighted by atomic mass is 10.2. The zero-order valence-electron chi connectivity index (χ0n) is 16.2. The molecular weight excluding hydrogens is 380 g/mol. The standard InChI is InChI=1S/C19H25ClN6O2/c1-3-25(4-2)19-23-13-15(20)16(24-19)18(27)22-12-14-6-5-7-21-17(14)26-8-10-28-11-9-26/h5-7,13H,3-4,8-12H2,1-2H3,(H,22,27). The van der Waals surface area contributed by atoms with Crippen molar-refractivity contribution in [3.05, 3.63) is 40.8 Å². The van der Waals surface area contributed by atoms with Gasteiger partial charge < -0.3 is 19.9 Å². The molecule has 0 aliphatic carbocycles. The van der Waals surface area contributed by atoms with E-state index in [4.69, 9.17) is 16.3 Å². The number of anilines is 2. The number of nitrogens with one attached hydrogen (secondary N) is 1. The van der Waals surface area contributed by atoms with Gasteiger partial charge in [-0.25, -0.2) is 15.0 Å². The zero-order valence-corrected chi connectivity index (χ0v) is 16.9. The first kappa shape index (κ1) is 20.3. The van der Waals surface area contributed by atoms with Crippen molar-refractivity contribution in [3.8, 4) is 0 Å². The first-order valence-electron chi connectivity index (χ1n) is 9.46. The normalized spacial score (nSPS) is 14.0. The van der Waals surface area contributed by atoms with E-state index >= 15 is 0 Å². The monoisotopic (exact) mass is 404 g/mol. The lowest BCUT2D eigenvalue weighted by Gasteiger charge is -2.29. The van der Waals surface area contributed by atoms with Crippen LogP contribution >= 0.6 is 11.6 Å². The Labute approximate surface area is 169 Å². The fourth-order valence-electron chi connectivity index (χ4n) is 3.06. The summed E-state index contributed by atoms with van der Waals surface area (Å²) in [5, 5.41) is 3.14. The number of hydrogen-bond donors (Lipinski definition) is 1. The molecule has 9 heteroatoms. The van der Waals surface area contributed by atoms with E-state index < -0.39 is 0 Å². The van der Waals surface area contributed by atoms with E-state index in [2.05, 4.69) is 25.2 Å². The first-order valence-corrected chi connectivity index (χ1v) is 9.84. The molecule has 2 aromatic rings. The number of pyridine rings is 1. The molecule has 2 aromatic heterocycles. The van der Waals surface area contributed by atoms with E-state index in [-0.39, 0.29) is 16.6 Å². The highest BCUT2D eigenvalue weighted by Gasteiger charge is 2.19. The van der Waals surface area contributed by atoms with Crippen LogP contribution in [-0.2, 0) is 11.3 Å². The summed E-state index contributed by atoms with van der Waals surface area (Å²) in [4.78, 5) is 29.9. The molecule has 3 heterocycles. The Morgan fingerprint density at radius 1 is 1.29 bits per heavy atom. The highest BCUT2D eigenvalue weighted by Crippen LogP contribution is 2.20. The average Bonchev–Trinajstić information content (AvgIpc) is 2.75. The molecule has 1 saturated heterocycles. The first-order chi connectivity index (χ1) is 13.6. The van der Waals surface area contributed by atoms with Crippen LogP contribution in [-0.4, -0.2) is 60.3 Å². The predicted molar refractivity (Wildman–Crippen MR) is 109 cm³/mol. The molecule has 0 bridgehead atoms. The van der Waals surface area contributed by atoms with Gasteiger partial charge >= 0.3 is 0 Å². The molecule has 0 atom stereocenters. The Morgan fingerprint density at radius 3 is 2.75 bits per heavy atom. The van der Waals surface area contributed by atoms with Gasteiger partial charge in [0.15, 0.2) is 5.69 Å². The van der Waals surface area contributed by atoms with E-state index in [9.17, 15) is 4.79 Å². The number of morpholine rings is 1. The Bertz CT molecular complexity index is 809. The molecule has 150 valence electrons. The summed E-state index contributed by atoms with van der Waals surface area (Å²) in [5.74, 6) is 1.02. The summed E-state index contributed by atoms with van der Waals surface area (Å²) in [7, 11) is 0. The molecule has 0 unspecified atom stereocenters. The Morgan fingerprint density at radius 2 is 2.04 bits per heavy atom. The van der Waals surface area contributed by atoms with Crippen LogP contribution in [0, 0.1) is 0 Å². The topological polar surface area (TPSA) is 83.5 Å². The molecule has 1 fully saturated rings. The smallest absolute Gasteiger partial charge is 0.271 e. The maximum atomic E-state index is 12.7. The van der Waals surface area contributed by atoms with E-state index in [1.807, 2.05) is 30.9 Å². The van der Waals surface area contributed by atoms with Crippen LogP contribution in [0.2, 0.25) is 5.02 Å². The molecule has 1 aliphatic heterocycles. The second kappa shape index (κ2) is 9.66. The number of hydrogen-bond acceptors (Lipinski definition) is 7. The quantitative estimate of drug-likeness (QED) is 0.756. The molecule has 0 radical (unpaired) electrons. The summed E-state index contributed by atoms with van der Waals surface area (Å²) in [5.41, 5.74) is 1.11. The van der Waals surface area contributed by atoms with Crippen molar-refractivity contribution in [2.45, 2.75) is 20.4 Å². The highest BCUT2D eigenvalue weighted by molar-refractivity contribution is 6.33. The van der Waals surface area contributed by atoms with Gasteiger partial charge in [-0.1, -0.05) is 17.7 Å². The summed E-state index contributed by atoms with van der Waals surface area (Å²) < 4.78 is 5.41. The minimum atomic E-state index is -0.336. The number of carbonyl (C=O) groups excluding carboxylic acids is 1. The second-order valence-corrected chi connectivity index (χ2v) is 6.71. The van der Waals surface area contributed by atoms with Crippen molar-refractivity contribution in [1.82, 2.24) is 20.3 Å². The van der Waals surface area contributed by atoms with E-state index in [1.165, 1.54) is 6.20 Å². The van der Waals surface area contributed by atoms with Gasteiger partial charge in [-0.15, -0.1) is 0 Å². The Balaban J connectivity index is 1.73. The molecule has 0 aromatic carbocycles. The van der Waals surface area contributed by atoms with Gasteiger partial charge in [-0.05, 0) is 19.9 Å². The fraction of sp³-hybridized carbons (Fsp3) is 0.474. The highest BCUT2D eigenvalue weighted by atomic mass is 35.5. The molecule has 28 heavy (non-hydrogen) atoms. The van der Waals surface area contributed by atoms with Gasteiger partial charge in [0, 0.05) is 44.5 Å². The van der Waals surface area contributed by atoms with Gasteiger partial charge in [0.25, 0.3) is 5.91 Å². The fourth-order valence-corrected chi connectivity index (χ4v) is 3.24. The third-order valence-corrected chi connectivity index (χ3v) is 4.89. The second-order valence-electron chi connectivity index (χ2n) is 6.31. The van der Waals surface area contributed by atoms with Crippen molar-refractivity contribution in [3.63, 3.8) is 0 Å². The van der Waals surface area contributed by atoms with Crippen molar-refractivity contribution in [2.75, 3.05) is 49.2 Å². The van der Waals surface area contributed by atoms with Gasteiger partial charge in [0.1, 0.15) is 5.82 Å². The molecule has 3 rings (SSSR count). The van der Waals surface area contributed by atoms with Crippen LogP contribution in [0.4, 0.5) is 11.8 Å². The van der Waals surface area contributed by atoms with Gasteiger partial charge in [0.05, 0.1) is 24.4 Å². The maximum absolute atomic E-state index is 12.7. The SMILES string of the molecule is CCN(CC)c1ncc(Cl)c(C(=O)NCc2cccnc2N2CCOCC2)n1. The van der Waals surface area contributed by atoms with Crippen molar-refractivity contribution in [2.24, 2.45) is 0 Å². The summed E-state index contributed by atoms with van der Waals surface area (Å²) in [6.07, 6.45) is 3.23. The van der Waals surface area contributed by atoms with Gasteiger partial charge in [-0.2, -0.15) is 0 Å². The van der Waals surface area contributed by atoms with Crippen molar-refractivity contribution < 1.29 is 9.53 Å². The summed E-state index contributed by atoms with van der Waals surface area (Å²) in [6, 6.07) is 3.82. The minimum absolute atomic E-state index is 0.176. The molecule has 1 aliphatic rings. The number of ether oxygens (including phenoxy) is 1. The molecule has 1 amide bonds. The van der Waals surface area contributed by atoms with Crippen LogP contribution in [0.3, 0.4) is 0 Å². The maximum Gasteiger partial charge on any atom is 0.271 e. The summed E-state index contributed by atoms with van der Waals surface area (Å²) in [6.45, 7) is 8.76. The molecular formula is C19H25ClN6O2. The van der Waals surface area contributed by atoms with Crippen LogP contribution in [0.25, 0.3) is 0 Å². The zero-order chi connectivity index (χ0) is 19.9. The molecule has 0 saturated carbocycles. The third-order valence-electron chi connectivity index (χ3n) is 4.61. The van der Waals surface area contributed by atoms with Crippen LogP contribution in [0.5, 0.6) is 0 Å². The summed E-state index contributed by atoms with van der Waals surface area (Å²) >= 11 is 6.18. The predicted octanol–water partition coefficient (Wildman–Crippen LogP) is 2.14. The van der Waals surface area contributed by atoms with Gasteiger partial charge in [0.2, 0.25) is 5.95 Å². The number of carbonyl (C=O) groups is 1. The van der Waals surface area contributed by atoms with E-state index in [0.717, 1.165) is 37.6 Å². The number of halogens is 1. The number of nitrogens with zero attached hydrogens (tertiary/aromatic N) is 5. The lowest BCUT2D eigenvalue weighted by molar-refractivity contribution is 0.0945. The van der Waals surface area contributed by atoms with Crippen LogP contribution in [0.15, 0.2) is 24.5 Å². The van der Waals surface area contributed by atoms with Crippen molar-refractivity contribution >= 4 is 29.3 Å². The Kier molecular flexibility index (Phi) is 7.00. The van der Waals surface area contributed by atoms with E-state index in [1.54, 1.807) is 6.20 Å². The number of rotatable bonds is 7. The minimum Gasteiger partial charge on any atom is -0.378 e. The van der Waals surface area contributed by atoms with Crippen molar-refractivity contribution in [1.29, 1.82) is 0 Å². The van der Waals surface area contributed by atoms with E-state index in [0.29, 0.717) is 25.7 Å². The molecule has 1 N–H and O–H groups in total. The Hall–Kier alpha value is -2.45. The molecule has 0 spiro atoms. The largest absolute Gasteiger partial charge is 0.378 e. The lowest BCUT2D eigenvalue weighted by Crippen LogP contribution is -2.38. The third kappa shape index (κ3) is 4.69. The van der Waals surface area contributed by atoms with Crippen LogP contribution < -0.4 is 15.1 Å². The number of amides is 1. The molecule has 8 nitrogen and oxygen atoms in total. The van der Waals surface area contributed by atoms with Crippen LogP contribution in [0.1, 0.15) is 29.9 Å². The number of aromatic nitrogens is 3.